The minimum Gasteiger partial charge on any atom is -0.339 e. The fourth-order valence-electron chi connectivity index (χ4n) is 2.76. The van der Waals surface area contributed by atoms with Crippen molar-refractivity contribution in [3.8, 4) is 0 Å². The quantitative estimate of drug-likeness (QED) is 0.814. The summed E-state index contributed by atoms with van der Waals surface area (Å²) in [5.74, 6) is -0.0688. The van der Waals surface area contributed by atoms with Crippen LogP contribution < -0.4 is 10.0 Å². The van der Waals surface area contributed by atoms with Crippen LogP contribution in [0.5, 0.6) is 0 Å². The summed E-state index contributed by atoms with van der Waals surface area (Å²) in [5.41, 5.74) is 0.513. The molecule has 1 heterocycles. The summed E-state index contributed by atoms with van der Waals surface area (Å²) >= 11 is 0. The zero-order valence-corrected chi connectivity index (χ0v) is 15.4. The Kier molecular flexibility index (Phi) is 6.37. The highest BCUT2D eigenvalue weighted by atomic mass is 32.2. The molecule has 6 nitrogen and oxygen atoms in total. The Morgan fingerprint density at radius 2 is 1.88 bits per heavy atom. The van der Waals surface area contributed by atoms with E-state index in [1.807, 2.05) is 20.9 Å². The zero-order valence-electron chi connectivity index (χ0n) is 14.6. The number of carbonyl (C=O) groups excluding carboxylic acids is 1. The van der Waals surface area contributed by atoms with E-state index in [1.165, 1.54) is 12.1 Å². The summed E-state index contributed by atoms with van der Waals surface area (Å²) in [6, 6.07) is 6.27. The summed E-state index contributed by atoms with van der Waals surface area (Å²) in [6.07, 6.45) is 2.60. The van der Waals surface area contributed by atoms with Gasteiger partial charge >= 0.3 is 0 Å². The molecule has 1 fully saturated rings. The number of benzene rings is 1. The van der Waals surface area contributed by atoms with E-state index in [0.717, 1.165) is 32.4 Å². The second-order valence-corrected chi connectivity index (χ2v) is 8.07. The third-order valence-electron chi connectivity index (χ3n) is 4.56. The lowest BCUT2D eigenvalue weighted by atomic mass is 10.0. The van der Waals surface area contributed by atoms with Gasteiger partial charge in [-0.05, 0) is 63.5 Å². The monoisotopic (exact) mass is 353 g/mol. The lowest BCUT2D eigenvalue weighted by molar-refractivity contribution is 0.0703. The van der Waals surface area contributed by atoms with Crippen LogP contribution in [-0.2, 0) is 10.0 Å². The first-order valence-corrected chi connectivity index (χ1v) is 9.93. The summed E-state index contributed by atoms with van der Waals surface area (Å²) in [5, 5.41) is 3.28. The predicted molar refractivity (Wildman–Crippen MR) is 94.5 cm³/mol. The highest BCUT2D eigenvalue weighted by molar-refractivity contribution is 7.89. The highest BCUT2D eigenvalue weighted by Crippen LogP contribution is 2.16. The summed E-state index contributed by atoms with van der Waals surface area (Å²) < 4.78 is 27.1. The van der Waals surface area contributed by atoms with Crippen LogP contribution in [0, 0.1) is 0 Å². The van der Waals surface area contributed by atoms with Gasteiger partial charge in [0.2, 0.25) is 10.0 Å². The third-order valence-corrected chi connectivity index (χ3v) is 6.16. The molecular weight excluding hydrogens is 326 g/mol. The molecule has 0 bridgehead atoms. The second kappa shape index (κ2) is 8.09. The lowest BCUT2D eigenvalue weighted by Crippen LogP contribution is -2.43. The Labute approximate surface area is 144 Å². The number of sulfonamides is 1. The van der Waals surface area contributed by atoms with E-state index in [0.29, 0.717) is 5.56 Å². The van der Waals surface area contributed by atoms with Crippen LogP contribution in [0.2, 0.25) is 0 Å². The molecule has 0 radical (unpaired) electrons. The van der Waals surface area contributed by atoms with Crippen LogP contribution in [0.1, 0.15) is 43.5 Å². The SMILES string of the molecule is CCC(C)NS(=O)(=O)c1ccc(C(=O)N(C)C2CCNCC2)cc1. The molecule has 1 aromatic carbocycles. The van der Waals surface area contributed by atoms with E-state index in [1.54, 1.807) is 17.0 Å². The van der Waals surface area contributed by atoms with E-state index >= 15 is 0 Å². The van der Waals surface area contributed by atoms with Gasteiger partial charge in [0.05, 0.1) is 4.90 Å². The van der Waals surface area contributed by atoms with Crippen molar-refractivity contribution in [1.82, 2.24) is 14.9 Å². The molecule has 2 N–H and O–H groups in total. The van der Waals surface area contributed by atoms with Gasteiger partial charge in [-0.15, -0.1) is 0 Å². The van der Waals surface area contributed by atoms with E-state index in [2.05, 4.69) is 10.0 Å². The van der Waals surface area contributed by atoms with Gasteiger partial charge in [0.15, 0.2) is 0 Å². The molecule has 0 saturated carbocycles. The normalized spacial score (nSPS) is 17.5. The Morgan fingerprint density at radius 1 is 1.29 bits per heavy atom. The average Bonchev–Trinajstić information content (AvgIpc) is 2.61. The van der Waals surface area contributed by atoms with Gasteiger partial charge in [-0.3, -0.25) is 4.79 Å². The number of nitrogens with one attached hydrogen (secondary N) is 2. The van der Waals surface area contributed by atoms with Crippen molar-refractivity contribution >= 4 is 15.9 Å². The van der Waals surface area contributed by atoms with Gasteiger partial charge in [0, 0.05) is 24.7 Å². The van der Waals surface area contributed by atoms with Crippen LogP contribution in [0.25, 0.3) is 0 Å². The topological polar surface area (TPSA) is 78.5 Å². The molecule has 134 valence electrons. The minimum atomic E-state index is -3.54. The first-order valence-electron chi connectivity index (χ1n) is 8.45. The predicted octanol–water partition coefficient (Wildman–Crippen LogP) is 1.59. The van der Waals surface area contributed by atoms with Gasteiger partial charge in [0.1, 0.15) is 0 Å². The van der Waals surface area contributed by atoms with E-state index in [4.69, 9.17) is 0 Å². The van der Waals surface area contributed by atoms with Crippen molar-refractivity contribution in [2.24, 2.45) is 0 Å². The van der Waals surface area contributed by atoms with Crippen molar-refractivity contribution in [1.29, 1.82) is 0 Å². The fourth-order valence-corrected chi connectivity index (χ4v) is 4.08. The molecule has 7 heteroatoms. The standard InChI is InChI=1S/C17H27N3O3S/c1-4-13(2)19-24(22,23)16-7-5-14(6-8-16)17(21)20(3)15-9-11-18-12-10-15/h5-8,13,15,18-19H,4,9-12H2,1-3H3. The van der Waals surface area contributed by atoms with Gasteiger partial charge in [-0.1, -0.05) is 6.92 Å². The number of piperidine rings is 1. The molecule has 24 heavy (non-hydrogen) atoms. The first-order chi connectivity index (χ1) is 11.3. The minimum absolute atomic E-state index is 0.0688. The molecule has 1 atom stereocenters. The molecule has 1 aliphatic heterocycles. The summed E-state index contributed by atoms with van der Waals surface area (Å²) in [7, 11) is -1.73. The molecule has 1 aromatic rings. The Hall–Kier alpha value is -1.44. The Balaban J connectivity index is 2.09. The molecule has 1 unspecified atom stereocenters. The van der Waals surface area contributed by atoms with Gasteiger partial charge in [-0.2, -0.15) is 0 Å². The molecular formula is C17H27N3O3S. The number of hydrogen-bond acceptors (Lipinski definition) is 4. The Morgan fingerprint density at radius 3 is 2.42 bits per heavy atom. The summed E-state index contributed by atoms with van der Waals surface area (Å²) in [6.45, 7) is 5.58. The molecule has 0 aromatic heterocycles. The van der Waals surface area contributed by atoms with Crippen molar-refractivity contribution in [2.75, 3.05) is 20.1 Å². The van der Waals surface area contributed by atoms with Crippen LogP contribution in [0.3, 0.4) is 0 Å². The molecule has 1 aliphatic rings. The van der Waals surface area contributed by atoms with Crippen LogP contribution >= 0.6 is 0 Å². The Bertz CT molecular complexity index is 652. The number of rotatable bonds is 6. The maximum absolute atomic E-state index is 12.6. The van der Waals surface area contributed by atoms with Crippen molar-refractivity contribution in [3.63, 3.8) is 0 Å². The second-order valence-electron chi connectivity index (χ2n) is 6.35. The maximum Gasteiger partial charge on any atom is 0.253 e. The fraction of sp³-hybridized carbons (Fsp3) is 0.588. The van der Waals surface area contributed by atoms with Crippen LogP contribution in [0.15, 0.2) is 29.2 Å². The van der Waals surface area contributed by atoms with Crippen LogP contribution in [-0.4, -0.2) is 51.4 Å². The van der Waals surface area contributed by atoms with Crippen molar-refractivity contribution in [2.45, 2.75) is 50.1 Å². The zero-order chi connectivity index (χ0) is 17.7. The van der Waals surface area contributed by atoms with Crippen molar-refractivity contribution in [3.05, 3.63) is 29.8 Å². The lowest BCUT2D eigenvalue weighted by Gasteiger charge is -2.31. The number of carbonyl (C=O) groups is 1. The van der Waals surface area contributed by atoms with Gasteiger partial charge < -0.3 is 10.2 Å². The number of nitrogens with zero attached hydrogens (tertiary/aromatic N) is 1. The van der Waals surface area contributed by atoms with E-state index < -0.39 is 10.0 Å². The molecule has 2 rings (SSSR count). The first kappa shape index (κ1) is 18.9. The van der Waals surface area contributed by atoms with E-state index in [9.17, 15) is 13.2 Å². The molecule has 1 amide bonds. The highest BCUT2D eigenvalue weighted by Gasteiger charge is 2.23. The van der Waals surface area contributed by atoms with E-state index in [-0.39, 0.29) is 22.9 Å². The average molecular weight is 353 g/mol. The molecule has 1 saturated heterocycles. The number of amides is 1. The summed E-state index contributed by atoms with van der Waals surface area (Å²) in [4.78, 5) is 14.5. The molecule has 0 spiro atoms. The van der Waals surface area contributed by atoms with Gasteiger partial charge in [0.25, 0.3) is 5.91 Å². The largest absolute Gasteiger partial charge is 0.339 e. The van der Waals surface area contributed by atoms with Crippen LogP contribution in [0.4, 0.5) is 0 Å². The maximum atomic E-state index is 12.6. The smallest absolute Gasteiger partial charge is 0.253 e. The van der Waals surface area contributed by atoms with Gasteiger partial charge in [-0.25, -0.2) is 13.1 Å². The number of hydrogen-bond donors (Lipinski definition) is 2. The third kappa shape index (κ3) is 4.55. The van der Waals surface area contributed by atoms with Crippen molar-refractivity contribution < 1.29 is 13.2 Å². The molecule has 0 aliphatic carbocycles.